The number of piperidine rings is 1. The van der Waals surface area contributed by atoms with E-state index in [9.17, 15) is 4.79 Å². The van der Waals surface area contributed by atoms with Gasteiger partial charge in [0.15, 0.2) is 0 Å². The first-order valence-corrected chi connectivity index (χ1v) is 11.1. The van der Waals surface area contributed by atoms with E-state index in [0.717, 1.165) is 69.4 Å². The van der Waals surface area contributed by atoms with Crippen molar-refractivity contribution in [3.8, 4) is 0 Å². The lowest BCUT2D eigenvalue weighted by molar-refractivity contribution is 0.213. The summed E-state index contributed by atoms with van der Waals surface area (Å²) in [5.41, 5.74) is 5.94. The zero-order valence-corrected chi connectivity index (χ0v) is 17.3. The Morgan fingerprint density at radius 3 is 2.55 bits per heavy atom. The largest absolute Gasteiger partial charge is 0.307 e. The summed E-state index contributed by atoms with van der Waals surface area (Å²) in [7, 11) is 1.96. The van der Waals surface area contributed by atoms with Gasteiger partial charge in [-0.15, -0.1) is 0 Å². The zero-order chi connectivity index (χ0) is 19.8. The van der Waals surface area contributed by atoms with Crippen molar-refractivity contribution in [1.29, 1.82) is 0 Å². The number of pyridine rings is 1. The van der Waals surface area contributed by atoms with Crippen molar-refractivity contribution in [1.82, 2.24) is 19.7 Å². The maximum atomic E-state index is 12.5. The van der Waals surface area contributed by atoms with Crippen molar-refractivity contribution < 1.29 is 0 Å². The van der Waals surface area contributed by atoms with Crippen molar-refractivity contribution >= 4 is 11.0 Å². The van der Waals surface area contributed by atoms with Crippen LogP contribution in [0.5, 0.6) is 0 Å². The summed E-state index contributed by atoms with van der Waals surface area (Å²) in [6, 6.07) is 10.8. The van der Waals surface area contributed by atoms with E-state index < -0.39 is 0 Å². The number of nitrogens with zero attached hydrogens (tertiary/aromatic N) is 3. The molecule has 152 valence electrons. The molecule has 1 N–H and O–H groups in total. The highest BCUT2D eigenvalue weighted by molar-refractivity contribution is 5.84. The van der Waals surface area contributed by atoms with E-state index in [0.29, 0.717) is 5.92 Å². The van der Waals surface area contributed by atoms with Crippen molar-refractivity contribution in [2.75, 3.05) is 19.6 Å². The predicted molar refractivity (Wildman–Crippen MR) is 117 cm³/mol. The molecule has 3 aromatic rings. The molecule has 1 aliphatic heterocycles. The highest BCUT2D eigenvalue weighted by Crippen LogP contribution is 2.35. The van der Waals surface area contributed by atoms with Crippen LogP contribution in [0, 0.1) is 0 Å². The first-order valence-electron chi connectivity index (χ1n) is 11.1. The fraction of sp³-hybridized carbons (Fsp3) is 0.500. The lowest BCUT2D eigenvalue weighted by atomic mass is 9.86. The standard InChI is InChI=1S/C24H30N4O/c1-27-23-21(19-9-5-6-10-20(19)24(29)25-23)22(26-27)18-12-15-28(16-13-18)14-11-17-7-3-2-4-8-17/h2-4,7-8,18H,5-6,9-16H2,1H3,(H,25,29). The SMILES string of the molecule is Cn1nc(C2CCN(CCc3ccccc3)CC2)c2c3c(c(=O)[nH]c21)CCCC3. The molecule has 5 nitrogen and oxygen atoms in total. The number of fused-ring (bicyclic) bond motifs is 3. The Hall–Kier alpha value is -2.40. The minimum Gasteiger partial charge on any atom is -0.307 e. The number of aryl methyl sites for hydroxylation is 2. The van der Waals surface area contributed by atoms with Gasteiger partial charge < -0.3 is 9.88 Å². The Labute approximate surface area is 171 Å². The Kier molecular flexibility index (Phi) is 5.00. The number of H-pyrrole nitrogens is 1. The first-order chi connectivity index (χ1) is 14.2. The van der Waals surface area contributed by atoms with Crippen molar-refractivity contribution in [2.24, 2.45) is 7.05 Å². The lowest BCUT2D eigenvalue weighted by Gasteiger charge is -2.31. The Balaban J connectivity index is 1.35. The lowest BCUT2D eigenvalue weighted by Crippen LogP contribution is -2.34. The van der Waals surface area contributed by atoms with Gasteiger partial charge in [0.25, 0.3) is 5.56 Å². The number of hydrogen-bond donors (Lipinski definition) is 1. The van der Waals surface area contributed by atoms with Gasteiger partial charge in [-0.3, -0.25) is 9.48 Å². The molecule has 0 atom stereocenters. The molecule has 0 spiro atoms. The van der Waals surface area contributed by atoms with Gasteiger partial charge in [0, 0.05) is 30.5 Å². The average Bonchev–Trinajstić information content (AvgIpc) is 3.10. The molecule has 2 aliphatic rings. The van der Waals surface area contributed by atoms with E-state index in [2.05, 4.69) is 40.2 Å². The van der Waals surface area contributed by atoms with Crippen molar-refractivity contribution in [3.05, 3.63) is 63.1 Å². The van der Waals surface area contributed by atoms with Gasteiger partial charge in [-0.25, -0.2) is 0 Å². The molecule has 3 heterocycles. The Bertz CT molecular complexity index is 1060. The molecule has 2 aromatic heterocycles. The number of aromatic amines is 1. The van der Waals surface area contributed by atoms with Crippen LogP contribution in [0.1, 0.15) is 54.0 Å². The number of rotatable bonds is 4. The highest BCUT2D eigenvalue weighted by Gasteiger charge is 2.28. The van der Waals surface area contributed by atoms with Gasteiger partial charge in [0.05, 0.1) is 5.69 Å². The molecule has 0 bridgehead atoms. The molecule has 0 amide bonds. The summed E-state index contributed by atoms with van der Waals surface area (Å²) >= 11 is 0. The van der Waals surface area contributed by atoms with Crippen LogP contribution in [-0.4, -0.2) is 39.3 Å². The van der Waals surface area contributed by atoms with Gasteiger partial charge in [-0.2, -0.15) is 5.10 Å². The normalized spacial score (nSPS) is 18.2. The van der Waals surface area contributed by atoms with Crippen LogP contribution < -0.4 is 5.56 Å². The van der Waals surface area contributed by atoms with E-state index in [1.54, 1.807) is 0 Å². The highest BCUT2D eigenvalue weighted by atomic mass is 16.1. The number of aromatic nitrogens is 3. The number of likely N-dealkylation sites (tertiary alicyclic amines) is 1. The summed E-state index contributed by atoms with van der Waals surface area (Å²) in [5.74, 6) is 0.489. The fourth-order valence-corrected chi connectivity index (χ4v) is 5.25. The minimum absolute atomic E-state index is 0.0949. The zero-order valence-electron chi connectivity index (χ0n) is 17.3. The minimum atomic E-state index is 0.0949. The summed E-state index contributed by atoms with van der Waals surface area (Å²) in [6.07, 6.45) is 7.64. The molecule has 0 saturated carbocycles. The molecule has 5 rings (SSSR count). The van der Waals surface area contributed by atoms with E-state index >= 15 is 0 Å². The van der Waals surface area contributed by atoms with Crippen LogP contribution in [0.25, 0.3) is 11.0 Å². The van der Waals surface area contributed by atoms with E-state index in [1.165, 1.54) is 28.6 Å². The summed E-state index contributed by atoms with van der Waals surface area (Å²) < 4.78 is 1.89. The number of benzene rings is 1. The molecule has 0 radical (unpaired) electrons. The number of nitrogens with one attached hydrogen (secondary N) is 1. The van der Waals surface area contributed by atoms with Crippen LogP contribution in [0.15, 0.2) is 35.1 Å². The smallest absolute Gasteiger partial charge is 0.253 e. The third kappa shape index (κ3) is 3.52. The topological polar surface area (TPSA) is 53.9 Å². The number of hydrogen-bond acceptors (Lipinski definition) is 3. The molecule has 1 aliphatic carbocycles. The fourth-order valence-electron chi connectivity index (χ4n) is 5.25. The molecule has 1 saturated heterocycles. The Morgan fingerprint density at radius 2 is 1.79 bits per heavy atom. The van der Waals surface area contributed by atoms with Crippen molar-refractivity contribution in [2.45, 2.75) is 50.9 Å². The van der Waals surface area contributed by atoms with Crippen LogP contribution in [0.3, 0.4) is 0 Å². The van der Waals surface area contributed by atoms with E-state index in [1.807, 2.05) is 11.7 Å². The molecule has 1 aromatic carbocycles. The van der Waals surface area contributed by atoms with Gasteiger partial charge in [0.1, 0.15) is 5.65 Å². The van der Waals surface area contributed by atoms with Gasteiger partial charge in [-0.05, 0) is 69.2 Å². The monoisotopic (exact) mass is 390 g/mol. The van der Waals surface area contributed by atoms with Crippen LogP contribution in [-0.2, 0) is 26.3 Å². The summed E-state index contributed by atoms with van der Waals surface area (Å²) in [6.45, 7) is 3.38. The quantitative estimate of drug-likeness (QED) is 0.741. The second kappa shape index (κ2) is 7.79. The average molecular weight is 391 g/mol. The molecular formula is C24H30N4O. The van der Waals surface area contributed by atoms with E-state index in [4.69, 9.17) is 5.10 Å². The van der Waals surface area contributed by atoms with Gasteiger partial charge in [0.2, 0.25) is 0 Å². The van der Waals surface area contributed by atoms with E-state index in [-0.39, 0.29) is 5.56 Å². The predicted octanol–water partition coefficient (Wildman–Crippen LogP) is 3.56. The van der Waals surface area contributed by atoms with Crippen LogP contribution in [0.4, 0.5) is 0 Å². The summed E-state index contributed by atoms with van der Waals surface area (Å²) in [4.78, 5) is 18.3. The molecule has 29 heavy (non-hydrogen) atoms. The maximum Gasteiger partial charge on any atom is 0.253 e. The molecule has 0 unspecified atom stereocenters. The second-order valence-corrected chi connectivity index (χ2v) is 8.70. The van der Waals surface area contributed by atoms with Gasteiger partial charge >= 0.3 is 0 Å². The third-order valence-corrected chi connectivity index (χ3v) is 6.88. The van der Waals surface area contributed by atoms with Crippen LogP contribution >= 0.6 is 0 Å². The first kappa shape index (κ1) is 18.6. The molecular weight excluding hydrogens is 360 g/mol. The molecule has 5 heteroatoms. The van der Waals surface area contributed by atoms with Crippen LogP contribution in [0.2, 0.25) is 0 Å². The maximum absolute atomic E-state index is 12.5. The van der Waals surface area contributed by atoms with Crippen molar-refractivity contribution in [3.63, 3.8) is 0 Å². The Morgan fingerprint density at radius 1 is 1.07 bits per heavy atom. The van der Waals surface area contributed by atoms with Gasteiger partial charge in [-0.1, -0.05) is 30.3 Å². The summed E-state index contributed by atoms with van der Waals surface area (Å²) in [5, 5.41) is 6.16. The second-order valence-electron chi connectivity index (χ2n) is 8.70. The third-order valence-electron chi connectivity index (χ3n) is 6.88. The molecule has 1 fully saturated rings.